The standard InChI is InChI=1S/C24H26N4O/c1-15-12-16-6-3-7-17(13-16)28(2)20(15)14-27-23-18-8-4-10-25-21(18)22-19(24(23)29)9-5-11-26-22/h4-5,8-11,14-17H,3,6-7,12-13H2,1-2H3/b20-14+,27-23?. The smallest absolute Gasteiger partial charge is 0.214 e. The lowest BCUT2D eigenvalue weighted by Crippen LogP contribution is -2.33. The van der Waals surface area contributed by atoms with E-state index < -0.39 is 0 Å². The lowest BCUT2D eigenvalue weighted by Gasteiger charge is -2.34. The highest BCUT2D eigenvalue weighted by atomic mass is 16.1. The number of pyridine rings is 2. The number of carbonyl (C=O) groups is 1. The molecule has 3 atom stereocenters. The van der Waals surface area contributed by atoms with Crippen LogP contribution in [0.3, 0.4) is 0 Å². The number of aromatic nitrogens is 2. The number of nitrogens with zero attached hydrogens (tertiary/aromatic N) is 4. The number of allylic oxidation sites excluding steroid dienone is 1. The molecule has 1 saturated heterocycles. The van der Waals surface area contributed by atoms with Gasteiger partial charge in [0.15, 0.2) is 0 Å². The van der Waals surface area contributed by atoms with E-state index in [1.165, 1.54) is 37.8 Å². The largest absolute Gasteiger partial charge is 0.373 e. The Balaban J connectivity index is 1.59. The molecule has 0 N–H and O–H groups in total. The molecule has 0 radical (unpaired) electrons. The highest BCUT2D eigenvalue weighted by Gasteiger charge is 2.34. The first-order valence-corrected chi connectivity index (χ1v) is 10.6. The Morgan fingerprint density at radius 3 is 2.59 bits per heavy atom. The molecule has 5 nitrogen and oxygen atoms in total. The summed E-state index contributed by atoms with van der Waals surface area (Å²) >= 11 is 0. The summed E-state index contributed by atoms with van der Waals surface area (Å²) in [5.74, 6) is 1.18. The normalized spacial score (nSPS) is 28.8. The molecule has 5 rings (SSSR count). The molecule has 2 aliphatic carbocycles. The molecule has 29 heavy (non-hydrogen) atoms. The zero-order valence-electron chi connectivity index (χ0n) is 17.0. The van der Waals surface area contributed by atoms with Crippen LogP contribution in [-0.2, 0) is 0 Å². The molecule has 2 aromatic rings. The Kier molecular flexibility index (Phi) is 4.53. The molecule has 3 unspecified atom stereocenters. The fourth-order valence-electron chi connectivity index (χ4n) is 5.30. The first-order chi connectivity index (χ1) is 14.1. The summed E-state index contributed by atoms with van der Waals surface area (Å²) in [4.78, 5) is 29.3. The third-order valence-electron chi connectivity index (χ3n) is 6.78. The van der Waals surface area contributed by atoms with Crippen LogP contribution in [0.2, 0.25) is 0 Å². The second kappa shape index (κ2) is 7.21. The van der Waals surface area contributed by atoms with Gasteiger partial charge in [-0.15, -0.1) is 0 Å². The van der Waals surface area contributed by atoms with Gasteiger partial charge in [0, 0.05) is 42.9 Å². The van der Waals surface area contributed by atoms with Crippen molar-refractivity contribution in [3.8, 4) is 11.4 Å². The molecular formula is C24H26N4O. The SMILES string of the molecule is CC1CC2CCCC(C2)N(C)/C1=C/N=C1C(=O)c2cccnc2-c2ncccc21. The minimum Gasteiger partial charge on any atom is -0.373 e. The summed E-state index contributed by atoms with van der Waals surface area (Å²) < 4.78 is 0. The van der Waals surface area contributed by atoms with Crippen molar-refractivity contribution in [1.82, 2.24) is 14.9 Å². The molecule has 1 aliphatic heterocycles. The van der Waals surface area contributed by atoms with E-state index in [4.69, 9.17) is 4.99 Å². The Bertz CT molecular complexity index is 1030. The summed E-state index contributed by atoms with van der Waals surface area (Å²) in [7, 11) is 2.19. The molecule has 5 heteroatoms. The molecule has 3 aliphatic rings. The highest BCUT2D eigenvalue weighted by Crippen LogP contribution is 2.39. The maximum absolute atomic E-state index is 13.2. The molecule has 3 heterocycles. The third kappa shape index (κ3) is 3.09. The van der Waals surface area contributed by atoms with Crippen LogP contribution in [0.5, 0.6) is 0 Å². The van der Waals surface area contributed by atoms with E-state index in [0.717, 1.165) is 17.2 Å². The molecule has 148 valence electrons. The average molecular weight is 386 g/mol. The highest BCUT2D eigenvalue weighted by molar-refractivity contribution is 6.54. The van der Waals surface area contributed by atoms with Crippen molar-refractivity contribution in [3.05, 3.63) is 59.7 Å². The van der Waals surface area contributed by atoms with Crippen LogP contribution < -0.4 is 0 Å². The quantitative estimate of drug-likeness (QED) is 0.724. The summed E-state index contributed by atoms with van der Waals surface area (Å²) in [6.07, 6.45) is 11.8. The Labute approximate surface area is 171 Å². The number of aliphatic imine (C=N–C) groups is 1. The number of ketones is 1. The summed E-state index contributed by atoms with van der Waals surface area (Å²) in [6, 6.07) is 7.97. The number of hydrogen-bond donors (Lipinski definition) is 0. The molecule has 2 bridgehead atoms. The molecule has 0 spiro atoms. The van der Waals surface area contributed by atoms with Gasteiger partial charge in [-0.25, -0.2) is 0 Å². The second-order valence-electron chi connectivity index (χ2n) is 8.59. The van der Waals surface area contributed by atoms with E-state index in [1.807, 2.05) is 24.4 Å². The lowest BCUT2D eigenvalue weighted by molar-refractivity contribution is 0.106. The number of rotatable bonds is 1. The van der Waals surface area contributed by atoms with Gasteiger partial charge in [-0.2, -0.15) is 0 Å². The predicted octanol–water partition coefficient (Wildman–Crippen LogP) is 4.50. The first kappa shape index (κ1) is 18.2. The monoisotopic (exact) mass is 386 g/mol. The fourth-order valence-corrected chi connectivity index (χ4v) is 5.30. The predicted molar refractivity (Wildman–Crippen MR) is 114 cm³/mol. The van der Waals surface area contributed by atoms with Gasteiger partial charge in [-0.05, 0) is 55.4 Å². The fraction of sp³-hybridized carbons (Fsp3) is 0.417. The Morgan fingerprint density at radius 1 is 1.07 bits per heavy atom. The number of hydrogen-bond acceptors (Lipinski definition) is 5. The van der Waals surface area contributed by atoms with Crippen molar-refractivity contribution < 1.29 is 4.79 Å². The van der Waals surface area contributed by atoms with Crippen LogP contribution in [-0.4, -0.2) is 39.5 Å². The summed E-state index contributed by atoms with van der Waals surface area (Å²) in [5, 5.41) is 0. The van der Waals surface area contributed by atoms with E-state index in [0.29, 0.717) is 28.9 Å². The minimum atomic E-state index is -0.0758. The maximum Gasteiger partial charge on any atom is 0.214 e. The summed E-state index contributed by atoms with van der Waals surface area (Å²) in [6.45, 7) is 2.29. The van der Waals surface area contributed by atoms with Gasteiger partial charge >= 0.3 is 0 Å². The van der Waals surface area contributed by atoms with Gasteiger partial charge in [0.25, 0.3) is 0 Å². The second-order valence-corrected chi connectivity index (χ2v) is 8.59. The van der Waals surface area contributed by atoms with Crippen LogP contribution in [0.15, 0.2) is 53.5 Å². The molecule has 1 saturated carbocycles. The van der Waals surface area contributed by atoms with Gasteiger partial charge < -0.3 is 4.90 Å². The zero-order chi connectivity index (χ0) is 20.0. The molecule has 0 aromatic carbocycles. The third-order valence-corrected chi connectivity index (χ3v) is 6.78. The van der Waals surface area contributed by atoms with Crippen LogP contribution in [0.4, 0.5) is 0 Å². The summed E-state index contributed by atoms with van der Waals surface area (Å²) in [5.41, 5.74) is 4.43. The van der Waals surface area contributed by atoms with E-state index in [-0.39, 0.29) is 5.78 Å². The van der Waals surface area contributed by atoms with Crippen molar-refractivity contribution in [2.75, 3.05) is 7.05 Å². The van der Waals surface area contributed by atoms with Crippen molar-refractivity contribution in [2.24, 2.45) is 16.8 Å². The van der Waals surface area contributed by atoms with Crippen LogP contribution in [0.25, 0.3) is 11.4 Å². The van der Waals surface area contributed by atoms with Gasteiger partial charge in [-0.3, -0.25) is 19.8 Å². The number of Topliss-reactive ketones (excluding diaryl/α,β-unsaturated/α-hetero) is 1. The van der Waals surface area contributed by atoms with Crippen molar-refractivity contribution in [1.29, 1.82) is 0 Å². The van der Waals surface area contributed by atoms with E-state index in [1.54, 1.807) is 18.5 Å². The van der Waals surface area contributed by atoms with Gasteiger partial charge in [0.2, 0.25) is 5.78 Å². The number of likely N-dealkylation sites (tertiary alicyclic amines) is 1. The van der Waals surface area contributed by atoms with Crippen molar-refractivity contribution in [2.45, 2.75) is 45.1 Å². The van der Waals surface area contributed by atoms with E-state index in [2.05, 4.69) is 28.8 Å². The zero-order valence-corrected chi connectivity index (χ0v) is 17.0. The average Bonchev–Trinajstić information content (AvgIpc) is 2.82. The van der Waals surface area contributed by atoms with Gasteiger partial charge in [-0.1, -0.05) is 19.8 Å². The Morgan fingerprint density at radius 2 is 1.79 bits per heavy atom. The van der Waals surface area contributed by atoms with Crippen LogP contribution in [0, 0.1) is 11.8 Å². The molecule has 0 amide bonds. The van der Waals surface area contributed by atoms with Crippen molar-refractivity contribution >= 4 is 11.5 Å². The Hall–Kier alpha value is -2.82. The molecule has 2 fully saturated rings. The van der Waals surface area contributed by atoms with Gasteiger partial charge in [0.1, 0.15) is 11.4 Å². The van der Waals surface area contributed by atoms with E-state index >= 15 is 0 Å². The lowest BCUT2D eigenvalue weighted by atomic mass is 9.82. The maximum atomic E-state index is 13.2. The minimum absolute atomic E-state index is 0.0758. The number of carbonyl (C=O) groups excluding carboxylic acids is 1. The van der Waals surface area contributed by atoms with E-state index in [9.17, 15) is 4.79 Å². The number of fused-ring (bicyclic) bond motifs is 5. The van der Waals surface area contributed by atoms with Crippen LogP contribution in [0.1, 0.15) is 54.9 Å². The molecular weight excluding hydrogens is 360 g/mol. The first-order valence-electron chi connectivity index (χ1n) is 10.6. The molecule has 2 aromatic heterocycles. The van der Waals surface area contributed by atoms with Crippen LogP contribution >= 0.6 is 0 Å². The topological polar surface area (TPSA) is 58.5 Å². The van der Waals surface area contributed by atoms with Crippen molar-refractivity contribution in [3.63, 3.8) is 0 Å². The van der Waals surface area contributed by atoms with Gasteiger partial charge in [0.05, 0.1) is 11.3 Å².